The van der Waals surface area contributed by atoms with Crippen LogP contribution in [0, 0.1) is 0 Å². The molecular weight excluding hydrogens is 304 g/mol. The summed E-state index contributed by atoms with van der Waals surface area (Å²) >= 11 is 5.97. The van der Waals surface area contributed by atoms with Crippen LogP contribution in [0.4, 0.5) is 0 Å². The van der Waals surface area contributed by atoms with Crippen LogP contribution < -0.4 is 5.43 Å². The maximum absolute atomic E-state index is 12.2. The molecule has 1 unspecified atom stereocenters. The highest BCUT2D eigenvalue weighted by Gasteiger charge is 2.41. The molecule has 0 saturated heterocycles. The standard InChI is InChI=1S/C10H9ClN6O2S/c11-10-9(12-15-13-10)6-17(16-14-10)20(18,19)7-8-4-2-1-3-5-8/h1-6H,7H2,(H,12,13). The highest BCUT2D eigenvalue weighted by atomic mass is 35.5. The van der Waals surface area contributed by atoms with E-state index in [-0.39, 0.29) is 11.4 Å². The lowest BCUT2D eigenvalue weighted by atomic mass is 10.2. The molecule has 0 saturated carbocycles. The van der Waals surface area contributed by atoms with Gasteiger partial charge in [0.25, 0.3) is 10.0 Å². The quantitative estimate of drug-likeness (QED) is 0.681. The number of nitrogens with one attached hydrogen (secondary N) is 1. The maximum atomic E-state index is 12.2. The molecule has 1 aromatic rings. The molecule has 0 spiro atoms. The first-order chi connectivity index (χ1) is 9.50. The fourth-order valence-corrected chi connectivity index (χ4v) is 3.00. The summed E-state index contributed by atoms with van der Waals surface area (Å²) in [6, 6.07) is 8.78. The van der Waals surface area contributed by atoms with Gasteiger partial charge in [0.15, 0.2) is 0 Å². The third-order valence-electron chi connectivity index (χ3n) is 2.68. The zero-order valence-electron chi connectivity index (χ0n) is 10.0. The minimum Gasteiger partial charge on any atom is -0.257 e. The second-order valence-corrected chi connectivity index (χ2v) is 6.50. The van der Waals surface area contributed by atoms with E-state index in [2.05, 4.69) is 26.1 Å². The van der Waals surface area contributed by atoms with E-state index in [4.69, 9.17) is 11.6 Å². The first-order valence-electron chi connectivity index (χ1n) is 5.58. The van der Waals surface area contributed by atoms with Crippen LogP contribution in [-0.2, 0) is 15.8 Å². The lowest BCUT2D eigenvalue weighted by Gasteiger charge is -2.21. The minimum absolute atomic E-state index is 0.194. The molecule has 0 amide bonds. The fourth-order valence-electron chi connectivity index (χ4n) is 1.68. The summed E-state index contributed by atoms with van der Waals surface area (Å²) in [7, 11) is -3.69. The molecule has 3 rings (SSSR count). The van der Waals surface area contributed by atoms with E-state index in [1.165, 1.54) is 6.20 Å². The van der Waals surface area contributed by atoms with E-state index < -0.39 is 15.1 Å². The number of benzene rings is 1. The van der Waals surface area contributed by atoms with E-state index >= 15 is 0 Å². The third kappa shape index (κ3) is 2.25. The molecule has 0 aromatic heterocycles. The summed E-state index contributed by atoms with van der Waals surface area (Å²) in [6.45, 7) is 0. The maximum Gasteiger partial charge on any atom is 0.310 e. The molecule has 0 radical (unpaired) electrons. The van der Waals surface area contributed by atoms with Crippen molar-refractivity contribution in [2.24, 2.45) is 20.7 Å². The van der Waals surface area contributed by atoms with Crippen LogP contribution in [0.1, 0.15) is 5.56 Å². The molecule has 8 nitrogen and oxygen atoms in total. The Hall–Kier alpha value is -2.00. The number of sulfonamides is 1. The average molecular weight is 313 g/mol. The van der Waals surface area contributed by atoms with Gasteiger partial charge in [0.05, 0.1) is 12.0 Å². The second-order valence-electron chi connectivity index (χ2n) is 4.15. The van der Waals surface area contributed by atoms with Gasteiger partial charge in [-0.15, -0.1) is 14.6 Å². The molecule has 2 heterocycles. The van der Waals surface area contributed by atoms with Crippen LogP contribution >= 0.6 is 11.6 Å². The van der Waals surface area contributed by atoms with Crippen molar-refractivity contribution in [1.29, 1.82) is 0 Å². The summed E-state index contributed by atoms with van der Waals surface area (Å²) in [5.41, 5.74) is 3.38. The molecule has 0 bridgehead atoms. The summed E-state index contributed by atoms with van der Waals surface area (Å²) < 4.78 is 25.3. The zero-order valence-corrected chi connectivity index (χ0v) is 11.6. The van der Waals surface area contributed by atoms with Gasteiger partial charge in [-0.2, -0.15) is 0 Å². The summed E-state index contributed by atoms with van der Waals surface area (Å²) in [5.74, 6) is -0.194. The molecule has 2 aliphatic heterocycles. The van der Waals surface area contributed by atoms with E-state index in [0.717, 1.165) is 4.41 Å². The van der Waals surface area contributed by atoms with Gasteiger partial charge in [-0.05, 0) is 5.56 Å². The first kappa shape index (κ1) is 13.0. The van der Waals surface area contributed by atoms with Gasteiger partial charge in [-0.25, -0.2) is 8.42 Å². The Kier molecular flexibility index (Phi) is 2.94. The molecule has 1 atom stereocenters. The van der Waals surface area contributed by atoms with Crippen LogP contribution in [0.2, 0.25) is 0 Å². The van der Waals surface area contributed by atoms with Gasteiger partial charge in [-0.3, -0.25) is 5.43 Å². The van der Waals surface area contributed by atoms with Crippen molar-refractivity contribution in [2.75, 3.05) is 0 Å². The Labute approximate surface area is 119 Å². The third-order valence-corrected chi connectivity index (χ3v) is 4.48. The minimum atomic E-state index is -3.69. The van der Waals surface area contributed by atoms with Gasteiger partial charge in [0, 0.05) is 0 Å². The Morgan fingerprint density at radius 3 is 2.75 bits per heavy atom. The van der Waals surface area contributed by atoms with Crippen LogP contribution in [0.15, 0.2) is 62.9 Å². The Balaban J connectivity index is 1.85. The monoisotopic (exact) mass is 312 g/mol. The van der Waals surface area contributed by atoms with E-state index in [0.29, 0.717) is 5.56 Å². The molecule has 20 heavy (non-hydrogen) atoms. The fraction of sp³-hybridized carbons (Fsp3) is 0.200. The molecule has 0 fully saturated rings. The van der Waals surface area contributed by atoms with Gasteiger partial charge >= 0.3 is 5.12 Å². The number of nitrogens with zero attached hydrogens (tertiary/aromatic N) is 5. The van der Waals surface area contributed by atoms with E-state index in [9.17, 15) is 8.42 Å². The molecule has 104 valence electrons. The van der Waals surface area contributed by atoms with Crippen molar-refractivity contribution < 1.29 is 8.42 Å². The van der Waals surface area contributed by atoms with Crippen molar-refractivity contribution in [3.05, 3.63) is 47.8 Å². The molecule has 1 N–H and O–H groups in total. The van der Waals surface area contributed by atoms with Crippen molar-refractivity contribution >= 4 is 21.6 Å². The van der Waals surface area contributed by atoms with Crippen molar-refractivity contribution in [1.82, 2.24) is 9.84 Å². The Bertz CT molecular complexity index is 717. The topological polar surface area (TPSA) is 98.8 Å². The summed E-state index contributed by atoms with van der Waals surface area (Å²) in [5, 5.41) is 12.9. The van der Waals surface area contributed by atoms with E-state index in [1.807, 2.05) is 6.07 Å². The largest absolute Gasteiger partial charge is 0.310 e. The van der Waals surface area contributed by atoms with Crippen LogP contribution in [0.3, 0.4) is 0 Å². The predicted molar refractivity (Wildman–Crippen MR) is 70.4 cm³/mol. The number of alkyl halides is 1. The van der Waals surface area contributed by atoms with Crippen LogP contribution in [0.5, 0.6) is 0 Å². The molecule has 0 aliphatic carbocycles. The number of halogens is 1. The van der Waals surface area contributed by atoms with Gasteiger partial charge < -0.3 is 0 Å². The SMILES string of the molecule is O=S(=O)(Cc1ccccc1)N1C=C2NN=NC2(Cl)N=N1. The first-order valence-corrected chi connectivity index (χ1v) is 7.56. The molecule has 10 heteroatoms. The summed E-state index contributed by atoms with van der Waals surface area (Å²) in [4.78, 5) is 0. The predicted octanol–water partition coefficient (Wildman–Crippen LogP) is 1.90. The normalized spacial score (nSPS) is 24.2. The summed E-state index contributed by atoms with van der Waals surface area (Å²) in [6.07, 6.45) is 1.22. The number of fused-ring (bicyclic) bond motifs is 1. The smallest absolute Gasteiger partial charge is 0.257 e. The molecule has 1 aromatic carbocycles. The van der Waals surface area contributed by atoms with Crippen molar-refractivity contribution in [3.63, 3.8) is 0 Å². The van der Waals surface area contributed by atoms with Crippen LogP contribution in [0.25, 0.3) is 0 Å². The van der Waals surface area contributed by atoms with Crippen molar-refractivity contribution in [2.45, 2.75) is 10.9 Å². The highest BCUT2D eigenvalue weighted by Crippen LogP contribution is 2.35. The second kappa shape index (κ2) is 4.53. The number of rotatable bonds is 3. The Morgan fingerprint density at radius 2 is 2.00 bits per heavy atom. The van der Waals surface area contributed by atoms with Crippen LogP contribution in [-0.4, -0.2) is 18.0 Å². The van der Waals surface area contributed by atoms with Gasteiger partial charge in [0.2, 0.25) is 0 Å². The molecule has 2 aliphatic rings. The zero-order chi connectivity index (χ0) is 14.2. The van der Waals surface area contributed by atoms with Gasteiger partial charge in [0.1, 0.15) is 5.70 Å². The van der Waals surface area contributed by atoms with Crippen molar-refractivity contribution in [3.8, 4) is 0 Å². The number of hydrogen-bond acceptors (Lipinski definition) is 7. The lowest BCUT2D eigenvalue weighted by molar-refractivity contribution is 0.449. The Morgan fingerprint density at radius 1 is 1.25 bits per heavy atom. The lowest BCUT2D eigenvalue weighted by Crippen LogP contribution is -2.31. The van der Waals surface area contributed by atoms with E-state index in [1.54, 1.807) is 24.3 Å². The molecular formula is C10H9ClN6O2S. The van der Waals surface area contributed by atoms with Gasteiger partial charge in [-0.1, -0.05) is 52.4 Å². The number of hydrogen-bond donors (Lipinski definition) is 1. The highest BCUT2D eigenvalue weighted by molar-refractivity contribution is 7.88. The average Bonchev–Trinajstić information content (AvgIpc) is 2.79.